The van der Waals surface area contributed by atoms with Crippen molar-refractivity contribution in [3.8, 4) is 0 Å². The number of amides is 2. The molecule has 144 valence electrons. The number of hydrogen-bond donors (Lipinski definition) is 4. The Kier molecular flexibility index (Phi) is 4.50. The molecule has 3 unspecified atom stereocenters. The summed E-state index contributed by atoms with van der Waals surface area (Å²) in [6, 6.07) is 12.2. The number of carbonyl (C=O) groups excluding carboxylic acids is 2. The highest BCUT2D eigenvalue weighted by atomic mass is 16.2. The standard InChI is InChI=1S/C21H22N4O3/c1-11-8-16(11)20(27)23-15-5-3-4-14(9-15)19(26)22-12(2)13-6-7-17-18(10-13)25-21(28)24-17/h3-7,9-12,16H,8H2,1-2H3,(H,22,26)(H,23,27)(H2,24,25,28). The Morgan fingerprint density at radius 2 is 1.86 bits per heavy atom. The average Bonchev–Trinajstić information content (AvgIpc) is 3.28. The molecule has 0 radical (unpaired) electrons. The van der Waals surface area contributed by atoms with Gasteiger partial charge >= 0.3 is 5.69 Å². The van der Waals surface area contributed by atoms with Gasteiger partial charge in [0, 0.05) is 17.2 Å². The van der Waals surface area contributed by atoms with Gasteiger partial charge in [0.15, 0.2) is 0 Å². The predicted molar refractivity (Wildman–Crippen MR) is 107 cm³/mol. The summed E-state index contributed by atoms with van der Waals surface area (Å²) in [6.07, 6.45) is 0.917. The van der Waals surface area contributed by atoms with Gasteiger partial charge in [-0.1, -0.05) is 19.1 Å². The van der Waals surface area contributed by atoms with Crippen molar-refractivity contribution < 1.29 is 9.59 Å². The van der Waals surface area contributed by atoms with E-state index in [0.717, 1.165) is 17.5 Å². The molecule has 2 amide bonds. The number of aromatic amines is 2. The van der Waals surface area contributed by atoms with Gasteiger partial charge in [-0.2, -0.15) is 0 Å². The molecule has 1 aromatic heterocycles. The largest absolute Gasteiger partial charge is 0.346 e. The van der Waals surface area contributed by atoms with Gasteiger partial charge in [-0.15, -0.1) is 0 Å². The number of rotatable bonds is 5. The number of carbonyl (C=O) groups is 2. The molecule has 0 saturated heterocycles. The Hall–Kier alpha value is -3.35. The normalized spacial score (nSPS) is 19.2. The van der Waals surface area contributed by atoms with Crippen molar-refractivity contribution in [2.45, 2.75) is 26.3 Å². The summed E-state index contributed by atoms with van der Waals surface area (Å²) >= 11 is 0. The van der Waals surface area contributed by atoms with Crippen LogP contribution in [0.5, 0.6) is 0 Å². The van der Waals surface area contributed by atoms with Crippen molar-refractivity contribution in [1.82, 2.24) is 15.3 Å². The van der Waals surface area contributed by atoms with Gasteiger partial charge < -0.3 is 20.6 Å². The Labute approximate surface area is 161 Å². The van der Waals surface area contributed by atoms with Crippen LogP contribution in [0, 0.1) is 11.8 Å². The second kappa shape index (κ2) is 6.99. The molecule has 7 nitrogen and oxygen atoms in total. The fourth-order valence-electron chi connectivity index (χ4n) is 3.34. The molecule has 2 aromatic carbocycles. The summed E-state index contributed by atoms with van der Waals surface area (Å²) in [5.74, 6) is 0.283. The highest BCUT2D eigenvalue weighted by Crippen LogP contribution is 2.38. The first-order valence-corrected chi connectivity index (χ1v) is 9.34. The van der Waals surface area contributed by atoms with Crippen molar-refractivity contribution in [3.63, 3.8) is 0 Å². The maximum atomic E-state index is 12.6. The number of hydrogen-bond acceptors (Lipinski definition) is 3. The topological polar surface area (TPSA) is 107 Å². The summed E-state index contributed by atoms with van der Waals surface area (Å²) in [6.45, 7) is 3.93. The minimum Gasteiger partial charge on any atom is -0.346 e. The van der Waals surface area contributed by atoms with Crippen LogP contribution in [0.3, 0.4) is 0 Å². The molecule has 7 heteroatoms. The fraction of sp³-hybridized carbons (Fsp3) is 0.286. The first-order chi connectivity index (χ1) is 13.4. The molecule has 1 saturated carbocycles. The third kappa shape index (κ3) is 3.69. The van der Waals surface area contributed by atoms with E-state index in [2.05, 4.69) is 27.5 Å². The minimum atomic E-state index is -0.261. The van der Waals surface area contributed by atoms with E-state index in [-0.39, 0.29) is 29.5 Å². The first kappa shape index (κ1) is 18.0. The number of imidazole rings is 1. The van der Waals surface area contributed by atoms with E-state index in [1.165, 1.54) is 0 Å². The van der Waals surface area contributed by atoms with E-state index in [4.69, 9.17) is 0 Å². The van der Waals surface area contributed by atoms with Crippen LogP contribution in [0.15, 0.2) is 47.3 Å². The van der Waals surface area contributed by atoms with Gasteiger partial charge in [-0.05, 0) is 55.2 Å². The van der Waals surface area contributed by atoms with E-state index >= 15 is 0 Å². The van der Waals surface area contributed by atoms with Gasteiger partial charge in [0.25, 0.3) is 5.91 Å². The molecule has 1 heterocycles. The average molecular weight is 378 g/mol. The Morgan fingerprint density at radius 3 is 2.61 bits per heavy atom. The zero-order valence-electron chi connectivity index (χ0n) is 15.7. The van der Waals surface area contributed by atoms with Crippen LogP contribution < -0.4 is 16.3 Å². The highest BCUT2D eigenvalue weighted by molar-refractivity contribution is 5.98. The molecule has 0 bridgehead atoms. The molecule has 3 atom stereocenters. The zero-order chi connectivity index (χ0) is 19.8. The van der Waals surface area contributed by atoms with Crippen LogP contribution in [0.25, 0.3) is 11.0 Å². The van der Waals surface area contributed by atoms with Gasteiger partial charge in [-0.25, -0.2) is 4.79 Å². The smallest absolute Gasteiger partial charge is 0.323 e. The molecule has 1 aliphatic rings. The third-order valence-corrected chi connectivity index (χ3v) is 5.23. The maximum absolute atomic E-state index is 12.6. The molecule has 1 fully saturated rings. The van der Waals surface area contributed by atoms with E-state index in [9.17, 15) is 14.4 Å². The lowest BCUT2D eigenvalue weighted by molar-refractivity contribution is -0.117. The first-order valence-electron chi connectivity index (χ1n) is 9.34. The van der Waals surface area contributed by atoms with E-state index in [0.29, 0.717) is 22.7 Å². The van der Waals surface area contributed by atoms with Gasteiger partial charge in [-0.3, -0.25) is 9.59 Å². The molecule has 3 aromatic rings. The van der Waals surface area contributed by atoms with Crippen LogP contribution in [0.4, 0.5) is 5.69 Å². The van der Waals surface area contributed by atoms with Crippen molar-refractivity contribution in [3.05, 3.63) is 64.1 Å². The molecule has 1 aliphatic carbocycles. The minimum absolute atomic E-state index is 0.00669. The summed E-state index contributed by atoms with van der Waals surface area (Å²) < 4.78 is 0. The lowest BCUT2D eigenvalue weighted by Crippen LogP contribution is -2.26. The van der Waals surface area contributed by atoms with Gasteiger partial charge in [0.05, 0.1) is 17.1 Å². The SMILES string of the molecule is CC(NC(=O)c1cccc(NC(=O)C2CC2C)c1)c1ccc2[nH]c(=O)[nH]c2c1. The summed E-state index contributed by atoms with van der Waals surface area (Å²) in [4.78, 5) is 41.5. The number of fused-ring (bicyclic) bond motifs is 1. The van der Waals surface area contributed by atoms with Crippen molar-refractivity contribution >= 4 is 28.5 Å². The van der Waals surface area contributed by atoms with E-state index in [1.54, 1.807) is 30.3 Å². The molecule has 28 heavy (non-hydrogen) atoms. The van der Waals surface area contributed by atoms with Crippen molar-refractivity contribution in [2.75, 3.05) is 5.32 Å². The maximum Gasteiger partial charge on any atom is 0.323 e. The second-order valence-electron chi connectivity index (χ2n) is 7.47. The van der Waals surface area contributed by atoms with Crippen LogP contribution in [-0.4, -0.2) is 21.8 Å². The number of anilines is 1. The van der Waals surface area contributed by atoms with Crippen LogP contribution in [0.2, 0.25) is 0 Å². The van der Waals surface area contributed by atoms with Gasteiger partial charge in [0.1, 0.15) is 0 Å². The second-order valence-corrected chi connectivity index (χ2v) is 7.47. The third-order valence-electron chi connectivity index (χ3n) is 5.23. The summed E-state index contributed by atoms with van der Waals surface area (Å²) in [5, 5.41) is 5.83. The molecule has 4 rings (SSSR count). The molecular formula is C21H22N4O3. The molecule has 0 spiro atoms. The fourth-order valence-corrected chi connectivity index (χ4v) is 3.34. The highest BCUT2D eigenvalue weighted by Gasteiger charge is 2.39. The summed E-state index contributed by atoms with van der Waals surface area (Å²) in [7, 11) is 0. The van der Waals surface area contributed by atoms with E-state index in [1.807, 2.05) is 19.1 Å². The molecule has 4 N–H and O–H groups in total. The monoisotopic (exact) mass is 378 g/mol. The van der Waals surface area contributed by atoms with Crippen LogP contribution in [0.1, 0.15) is 42.2 Å². The van der Waals surface area contributed by atoms with Crippen molar-refractivity contribution in [2.24, 2.45) is 11.8 Å². The number of nitrogens with one attached hydrogen (secondary N) is 4. The quantitative estimate of drug-likeness (QED) is 0.548. The van der Waals surface area contributed by atoms with Gasteiger partial charge in [0.2, 0.25) is 5.91 Å². The van der Waals surface area contributed by atoms with Crippen molar-refractivity contribution in [1.29, 1.82) is 0 Å². The van der Waals surface area contributed by atoms with Crippen LogP contribution >= 0.6 is 0 Å². The lowest BCUT2D eigenvalue weighted by Gasteiger charge is -2.15. The Bertz CT molecular complexity index is 1110. The number of aromatic nitrogens is 2. The molecular weight excluding hydrogens is 356 g/mol. The Balaban J connectivity index is 1.45. The predicted octanol–water partition coefficient (Wildman–Crippen LogP) is 2.94. The summed E-state index contributed by atoms with van der Waals surface area (Å²) in [5.41, 5.74) is 3.13. The number of benzene rings is 2. The van der Waals surface area contributed by atoms with Crippen LogP contribution in [-0.2, 0) is 4.79 Å². The number of H-pyrrole nitrogens is 2. The molecule has 0 aliphatic heterocycles. The zero-order valence-corrected chi connectivity index (χ0v) is 15.7. The van der Waals surface area contributed by atoms with E-state index < -0.39 is 0 Å². The Morgan fingerprint density at radius 1 is 1.11 bits per heavy atom. The lowest BCUT2D eigenvalue weighted by atomic mass is 10.1.